The van der Waals surface area contributed by atoms with E-state index in [9.17, 15) is 9.59 Å². The normalized spacial score (nSPS) is 11.4. The van der Waals surface area contributed by atoms with Crippen LogP contribution in [-0.2, 0) is 9.59 Å². The lowest BCUT2D eigenvalue weighted by atomic mass is 10.2. The van der Waals surface area contributed by atoms with E-state index >= 15 is 0 Å². The summed E-state index contributed by atoms with van der Waals surface area (Å²) in [6.45, 7) is -0.298. The second-order valence-electron chi connectivity index (χ2n) is 2.35. The van der Waals surface area contributed by atoms with Gasteiger partial charge in [-0.05, 0) is 0 Å². The summed E-state index contributed by atoms with van der Waals surface area (Å²) in [4.78, 5) is 21.3. The SMILES string of the molecule is C#CCC(=O)NC(CCO)C(=O)O. The van der Waals surface area contributed by atoms with E-state index in [2.05, 4.69) is 11.2 Å². The first-order valence-corrected chi connectivity index (χ1v) is 3.68. The molecule has 5 heteroatoms. The molecule has 0 fully saturated rings. The molecule has 0 spiro atoms. The van der Waals surface area contributed by atoms with Crippen LogP contribution in [0.15, 0.2) is 0 Å². The van der Waals surface area contributed by atoms with Gasteiger partial charge in [-0.3, -0.25) is 4.79 Å². The minimum Gasteiger partial charge on any atom is -0.480 e. The van der Waals surface area contributed by atoms with Gasteiger partial charge in [0, 0.05) is 13.0 Å². The number of nitrogens with one attached hydrogen (secondary N) is 1. The Hall–Kier alpha value is -1.54. The van der Waals surface area contributed by atoms with Crippen molar-refractivity contribution in [2.45, 2.75) is 18.9 Å². The second kappa shape index (κ2) is 6.03. The monoisotopic (exact) mass is 185 g/mol. The molecule has 1 amide bonds. The van der Waals surface area contributed by atoms with E-state index in [0.717, 1.165) is 0 Å². The van der Waals surface area contributed by atoms with E-state index in [0.29, 0.717) is 0 Å². The highest BCUT2D eigenvalue weighted by Gasteiger charge is 2.18. The molecule has 0 aromatic rings. The fraction of sp³-hybridized carbons (Fsp3) is 0.500. The molecule has 1 unspecified atom stereocenters. The first kappa shape index (κ1) is 11.5. The topological polar surface area (TPSA) is 86.6 Å². The van der Waals surface area contributed by atoms with Crippen LogP contribution in [0.5, 0.6) is 0 Å². The average Bonchev–Trinajstić information content (AvgIpc) is 2.04. The van der Waals surface area contributed by atoms with Crippen LogP contribution < -0.4 is 5.32 Å². The van der Waals surface area contributed by atoms with Crippen LogP contribution in [0.4, 0.5) is 0 Å². The molecule has 5 nitrogen and oxygen atoms in total. The number of aliphatic hydroxyl groups excluding tert-OH is 1. The van der Waals surface area contributed by atoms with Crippen LogP contribution >= 0.6 is 0 Å². The Kier molecular flexibility index (Phi) is 5.32. The zero-order valence-corrected chi connectivity index (χ0v) is 6.99. The zero-order chi connectivity index (χ0) is 10.3. The molecule has 1 atom stereocenters. The third kappa shape index (κ3) is 4.82. The molecule has 72 valence electrons. The van der Waals surface area contributed by atoms with E-state index in [1.807, 2.05) is 0 Å². The molecular weight excluding hydrogens is 174 g/mol. The van der Waals surface area contributed by atoms with Gasteiger partial charge in [-0.25, -0.2) is 4.79 Å². The number of aliphatic hydroxyl groups is 1. The van der Waals surface area contributed by atoms with Crippen molar-refractivity contribution >= 4 is 11.9 Å². The van der Waals surface area contributed by atoms with E-state index in [4.69, 9.17) is 16.6 Å². The summed E-state index contributed by atoms with van der Waals surface area (Å²) in [5.41, 5.74) is 0. The number of carboxylic acid groups (broad SMARTS) is 1. The van der Waals surface area contributed by atoms with Crippen molar-refractivity contribution in [2.24, 2.45) is 0 Å². The number of hydrogen-bond acceptors (Lipinski definition) is 3. The lowest BCUT2D eigenvalue weighted by Gasteiger charge is -2.11. The average molecular weight is 185 g/mol. The molecule has 3 N–H and O–H groups in total. The summed E-state index contributed by atoms with van der Waals surface area (Å²) < 4.78 is 0. The summed E-state index contributed by atoms with van der Waals surface area (Å²) >= 11 is 0. The second-order valence-corrected chi connectivity index (χ2v) is 2.35. The van der Waals surface area contributed by atoms with Crippen LogP contribution in [0.1, 0.15) is 12.8 Å². The third-order valence-electron chi connectivity index (χ3n) is 1.31. The molecule has 0 aliphatic rings. The molecule has 0 saturated heterocycles. The molecule has 0 aromatic carbocycles. The van der Waals surface area contributed by atoms with E-state index in [1.54, 1.807) is 0 Å². The maximum Gasteiger partial charge on any atom is 0.326 e. The number of hydrogen-bond donors (Lipinski definition) is 3. The van der Waals surface area contributed by atoms with Crippen molar-refractivity contribution in [3.05, 3.63) is 0 Å². The molecule has 0 bridgehead atoms. The van der Waals surface area contributed by atoms with Crippen molar-refractivity contribution in [3.63, 3.8) is 0 Å². The van der Waals surface area contributed by atoms with E-state index < -0.39 is 17.9 Å². The summed E-state index contributed by atoms with van der Waals surface area (Å²) in [6.07, 6.45) is 4.67. The third-order valence-corrected chi connectivity index (χ3v) is 1.31. The van der Waals surface area contributed by atoms with Gasteiger partial charge in [0.2, 0.25) is 5.91 Å². The largest absolute Gasteiger partial charge is 0.480 e. The number of carbonyl (C=O) groups is 2. The highest BCUT2D eigenvalue weighted by molar-refractivity contribution is 5.84. The minimum absolute atomic E-state index is 0.0222. The van der Waals surface area contributed by atoms with Crippen LogP contribution in [0.2, 0.25) is 0 Å². The first-order valence-electron chi connectivity index (χ1n) is 3.68. The van der Waals surface area contributed by atoms with Crippen LogP contribution in [-0.4, -0.2) is 34.7 Å². The summed E-state index contributed by atoms with van der Waals surface area (Å²) in [6, 6.07) is -1.06. The number of rotatable bonds is 5. The van der Waals surface area contributed by atoms with Gasteiger partial charge >= 0.3 is 5.97 Å². The molecule has 13 heavy (non-hydrogen) atoms. The van der Waals surface area contributed by atoms with Gasteiger partial charge < -0.3 is 15.5 Å². The van der Waals surface area contributed by atoms with E-state index in [1.165, 1.54) is 0 Å². The summed E-state index contributed by atoms with van der Waals surface area (Å²) in [7, 11) is 0. The van der Waals surface area contributed by atoms with E-state index in [-0.39, 0.29) is 19.4 Å². The van der Waals surface area contributed by atoms with Crippen molar-refractivity contribution in [3.8, 4) is 12.3 Å². The molecule has 0 radical (unpaired) electrons. The lowest BCUT2D eigenvalue weighted by Crippen LogP contribution is -2.41. The Morgan fingerprint density at radius 2 is 2.15 bits per heavy atom. The number of amides is 1. The maximum atomic E-state index is 10.8. The van der Waals surface area contributed by atoms with Gasteiger partial charge in [0.15, 0.2) is 0 Å². The smallest absolute Gasteiger partial charge is 0.326 e. The predicted molar refractivity (Wildman–Crippen MR) is 44.7 cm³/mol. The Balaban J connectivity index is 4.03. The summed E-state index contributed by atoms with van der Waals surface area (Å²) in [5, 5.41) is 19.2. The van der Waals surface area contributed by atoms with Crippen molar-refractivity contribution in [1.82, 2.24) is 5.32 Å². The molecule has 0 aromatic heterocycles. The molecular formula is C8H11NO4. The lowest BCUT2D eigenvalue weighted by molar-refractivity contribution is -0.142. The Morgan fingerprint density at radius 3 is 2.54 bits per heavy atom. The van der Waals surface area contributed by atoms with Crippen molar-refractivity contribution < 1.29 is 19.8 Å². The Morgan fingerprint density at radius 1 is 1.54 bits per heavy atom. The number of carbonyl (C=O) groups excluding carboxylic acids is 1. The van der Waals surface area contributed by atoms with Gasteiger partial charge in [-0.2, -0.15) is 0 Å². The van der Waals surface area contributed by atoms with Crippen molar-refractivity contribution in [1.29, 1.82) is 0 Å². The standard InChI is InChI=1S/C8H11NO4/c1-2-3-7(11)9-6(4-5-10)8(12)13/h1,6,10H,3-5H2,(H,9,11)(H,12,13). The molecule has 0 aliphatic heterocycles. The maximum absolute atomic E-state index is 10.8. The highest BCUT2D eigenvalue weighted by Crippen LogP contribution is 1.92. The number of terminal acetylenes is 1. The first-order chi connectivity index (χ1) is 6.11. The predicted octanol–water partition coefficient (Wildman–Crippen LogP) is -1.04. The molecule has 0 heterocycles. The van der Waals surface area contributed by atoms with Crippen LogP contribution in [0.25, 0.3) is 0 Å². The van der Waals surface area contributed by atoms with Crippen LogP contribution in [0, 0.1) is 12.3 Å². The van der Waals surface area contributed by atoms with Gasteiger partial charge in [0.25, 0.3) is 0 Å². The summed E-state index contributed by atoms with van der Waals surface area (Å²) in [5.74, 6) is 0.381. The fourth-order valence-corrected chi connectivity index (χ4v) is 0.725. The molecule has 0 aliphatic carbocycles. The zero-order valence-electron chi connectivity index (χ0n) is 6.99. The number of carboxylic acids is 1. The quantitative estimate of drug-likeness (QED) is 0.477. The van der Waals surface area contributed by atoms with Crippen LogP contribution in [0.3, 0.4) is 0 Å². The Labute approximate surface area is 75.8 Å². The number of aliphatic carboxylic acids is 1. The fourth-order valence-electron chi connectivity index (χ4n) is 0.725. The molecule has 0 saturated carbocycles. The van der Waals surface area contributed by atoms with Crippen molar-refractivity contribution in [2.75, 3.05) is 6.61 Å². The van der Waals surface area contributed by atoms with Gasteiger partial charge in [-0.15, -0.1) is 6.42 Å². The van der Waals surface area contributed by atoms with Gasteiger partial charge in [0.05, 0.1) is 6.42 Å². The molecule has 0 rings (SSSR count). The van der Waals surface area contributed by atoms with Gasteiger partial charge in [0.1, 0.15) is 6.04 Å². The highest BCUT2D eigenvalue weighted by atomic mass is 16.4. The minimum atomic E-state index is -1.18. The Bertz CT molecular complexity index is 231. The van der Waals surface area contributed by atoms with Gasteiger partial charge in [-0.1, -0.05) is 5.92 Å².